The fourth-order valence-corrected chi connectivity index (χ4v) is 1.90. The minimum absolute atomic E-state index is 0.143. The van der Waals surface area contributed by atoms with Crippen molar-refractivity contribution in [3.63, 3.8) is 0 Å². The second kappa shape index (κ2) is 8.07. The van der Waals surface area contributed by atoms with Gasteiger partial charge in [-0.3, -0.25) is 4.79 Å². The molecule has 2 atom stereocenters. The predicted molar refractivity (Wildman–Crippen MR) is 78.0 cm³/mol. The molecule has 0 aromatic heterocycles. The molecule has 0 bridgehead atoms. The van der Waals surface area contributed by atoms with Crippen LogP contribution in [-0.4, -0.2) is 42.8 Å². The van der Waals surface area contributed by atoms with Gasteiger partial charge >= 0.3 is 5.97 Å². The molecule has 0 aliphatic carbocycles. The van der Waals surface area contributed by atoms with Gasteiger partial charge in [0.15, 0.2) is 12.1 Å². The predicted octanol–water partition coefficient (Wildman–Crippen LogP) is 1.98. The largest absolute Gasteiger partial charge is 0.480 e. The number of carbonyl (C=O) groups excluding carboxylic acids is 1. The molecule has 2 N–H and O–H groups in total. The van der Waals surface area contributed by atoms with Crippen molar-refractivity contribution in [2.45, 2.75) is 19.1 Å². The number of ether oxygens (including phenoxy) is 2. The molecule has 0 fully saturated rings. The maximum atomic E-state index is 11.9. The van der Waals surface area contributed by atoms with Crippen LogP contribution in [0.5, 0.6) is 5.75 Å². The van der Waals surface area contributed by atoms with E-state index >= 15 is 0 Å². The average Bonchev–Trinajstić information content (AvgIpc) is 2.41. The van der Waals surface area contributed by atoms with E-state index in [1.807, 2.05) is 0 Å². The highest BCUT2D eigenvalue weighted by Crippen LogP contribution is 2.28. The monoisotopic (exact) mass is 335 g/mol. The second-order valence-corrected chi connectivity index (χ2v) is 5.03. The van der Waals surface area contributed by atoms with Gasteiger partial charge in [-0.2, -0.15) is 0 Å². The maximum absolute atomic E-state index is 11.9. The molecule has 1 aromatic carbocycles. The second-order valence-electron chi connectivity index (χ2n) is 4.19. The van der Waals surface area contributed by atoms with Crippen LogP contribution in [0.3, 0.4) is 0 Å². The van der Waals surface area contributed by atoms with Crippen molar-refractivity contribution in [3.05, 3.63) is 28.2 Å². The molecule has 1 aromatic rings. The third kappa shape index (κ3) is 5.41. The fraction of sp³-hybridized carbons (Fsp3) is 0.385. The summed E-state index contributed by atoms with van der Waals surface area (Å²) in [6.45, 7) is 1.33. The summed E-state index contributed by atoms with van der Waals surface area (Å²) in [6.07, 6.45) is -0.928. The Kier molecular flexibility index (Phi) is 6.74. The normalized spacial score (nSPS) is 13.3. The van der Waals surface area contributed by atoms with Crippen LogP contribution in [0.2, 0.25) is 10.0 Å². The number of hydrogen-bond donors (Lipinski definition) is 2. The number of carboxylic acids is 1. The standard InChI is InChI=1S/C13H15Cl2NO5/c1-7(12(17)16-10(6-20-2)13(18)19)21-11-4-3-8(14)5-9(11)15/h3-5,7,10H,6H2,1-2H3,(H,16,17)(H,18,19). The van der Waals surface area contributed by atoms with Crippen LogP contribution in [0.15, 0.2) is 18.2 Å². The van der Waals surface area contributed by atoms with Gasteiger partial charge in [-0.1, -0.05) is 23.2 Å². The van der Waals surface area contributed by atoms with Gasteiger partial charge in [0.25, 0.3) is 5.91 Å². The smallest absolute Gasteiger partial charge is 0.328 e. The first-order valence-electron chi connectivity index (χ1n) is 5.99. The Bertz CT molecular complexity index is 523. The maximum Gasteiger partial charge on any atom is 0.328 e. The number of halogens is 2. The topological polar surface area (TPSA) is 84.9 Å². The van der Waals surface area contributed by atoms with Gasteiger partial charge in [0, 0.05) is 12.1 Å². The molecule has 0 radical (unpaired) electrons. The van der Waals surface area contributed by atoms with E-state index in [9.17, 15) is 9.59 Å². The molecule has 1 amide bonds. The van der Waals surface area contributed by atoms with E-state index < -0.39 is 24.0 Å². The highest BCUT2D eigenvalue weighted by Gasteiger charge is 2.24. The zero-order chi connectivity index (χ0) is 16.0. The summed E-state index contributed by atoms with van der Waals surface area (Å²) in [5, 5.41) is 11.9. The number of methoxy groups -OCH3 is 1. The van der Waals surface area contributed by atoms with E-state index in [0.717, 1.165) is 0 Å². The van der Waals surface area contributed by atoms with E-state index in [0.29, 0.717) is 5.02 Å². The Morgan fingerprint density at radius 1 is 1.38 bits per heavy atom. The van der Waals surface area contributed by atoms with Crippen LogP contribution < -0.4 is 10.1 Å². The van der Waals surface area contributed by atoms with E-state index in [1.165, 1.54) is 26.2 Å². The van der Waals surface area contributed by atoms with Crippen molar-refractivity contribution < 1.29 is 24.2 Å². The Balaban J connectivity index is 2.67. The molecule has 2 unspecified atom stereocenters. The van der Waals surface area contributed by atoms with E-state index in [-0.39, 0.29) is 17.4 Å². The number of benzene rings is 1. The Labute approximate surface area is 131 Å². The van der Waals surface area contributed by atoms with Gasteiger partial charge in [-0.25, -0.2) is 4.79 Å². The first kappa shape index (κ1) is 17.6. The molecular formula is C13H15Cl2NO5. The van der Waals surface area contributed by atoms with E-state index in [1.54, 1.807) is 6.07 Å². The first-order valence-corrected chi connectivity index (χ1v) is 6.74. The van der Waals surface area contributed by atoms with Crippen LogP contribution in [0.4, 0.5) is 0 Å². The molecule has 6 nitrogen and oxygen atoms in total. The van der Waals surface area contributed by atoms with Crippen molar-refractivity contribution in [3.8, 4) is 5.75 Å². The lowest BCUT2D eigenvalue weighted by Crippen LogP contribution is -2.48. The van der Waals surface area contributed by atoms with E-state index in [4.69, 9.17) is 37.8 Å². The summed E-state index contributed by atoms with van der Waals surface area (Å²) in [7, 11) is 1.34. The zero-order valence-electron chi connectivity index (χ0n) is 11.4. The number of carboxylic acid groups (broad SMARTS) is 1. The summed E-state index contributed by atoms with van der Waals surface area (Å²) >= 11 is 11.7. The van der Waals surface area contributed by atoms with Gasteiger partial charge in [0.05, 0.1) is 11.6 Å². The molecule has 0 saturated heterocycles. The number of aliphatic carboxylic acids is 1. The van der Waals surface area contributed by atoms with Gasteiger partial charge in [0.1, 0.15) is 5.75 Å². The third-order valence-electron chi connectivity index (χ3n) is 2.51. The number of hydrogen-bond acceptors (Lipinski definition) is 4. The van der Waals surface area contributed by atoms with Crippen LogP contribution >= 0.6 is 23.2 Å². The molecule has 0 spiro atoms. The molecule has 0 aliphatic heterocycles. The first-order chi connectivity index (χ1) is 9.85. The van der Waals surface area contributed by atoms with Gasteiger partial charge in [0.2, 0.25) is 0 Å². The van der Waals surface area contributed by atoms with Gasteiger partial charge in [-0.05, 0) is 25.1 Å². The molecule has 0 saturated carbocycles. The number of nitrogens with one attached hydrogen (secondary N) is 1. The van der Waals surface area contributed by atoms with Crippen LogP contribution in [0, 0.1) is 0 Å². The molecule has 0 aliphatic rings. The Morgan fingerprint density at radius 2 is 2.05 bits per heavy atom. The Hall–Kier alpha value is -1.50. The summed E-state index contributed by atoms with van der Waals surface area (Å²) < 4.78 is 10.1. The lowest BCUT2D eigenvalue weighted by molar-refractivity contribution is -0.144. The third-order valence-corrected chi connectivity index (χ3v) is 3.05. The summed E-state index contributed by atoms with van der Waals surface area (Å²) in [4.78, 5) is 22.8. The van der Waals surface area contributed by atoms with Crippen molar-refractivity contribution in [1.82, 2.24) is 5.32 Å². The minimum Gasteiger partial charge on any atom is -0.480 e. The van der Waals surface area contributed by atoms with Gasteiger partial charge in [-0.15, -0.1) is 0 Å². The number of amides is 1. The lowest BCUT2D eigenvalue weighted by Gasteiger charge is -2.19. The molecule has 21 heavy (non-hydrogen) atoms. The molecule has 116 valence electrons. The SMILES string of the molecule is COCC(NC(=O)C(C)Oc1ccc(Cl)cc1Cl)C(=O)O. The lowest BCUT2D eigenvalue weighted by atomic mass is 10.2. The molecule has 0 heterocycles. The van der Waals surface area contributed by atoms with Crippen molar-refractivity contribution in [1.29, 1.82) is 0 Å². The van der Waals surface area contributed by atoms with Crippen LogP contribution in [0.1, 0.15) is 6.92 Å². The highest BCUT2D eigenvalue weighted by atomic mass is 35.5. The highest BCUT2D eigenvalue weighted by molar-refractivity contribution is 6.35. The van der Waals surface area contributed by atoms with Crippen molar-refractivity contribution in [2.24, 2.45) is 0 Å². The Morgan fingerprint density at radius 3 is 2.57 bits per heavy atom. The van der Waals surface area contributed by atoms with Crippen molar-refractivity contribution in [2.75, 3.05) is 13.7 Å². The summed E-state index contributed by atoms with van der Waals surface area (Å²) in [6, 6.07) is 3.43. The number of rotatable bonds is 7. The summed E-state index contributed by atoms with van der Waals surface area (Å²) in [5.41, 5.74) is 0. The summed E-state index contributed by atoms with van der Waals surface area (Å²) in [5.74, 6) is -1.50. The molecule has 8 heteroatoms. The van der Waals surface area contributed by atoms with Crippen LogP contribution in [0.25, 0.3) is 0 Å². The zero-order valence-corrected chi connectivity index (χ0v) is 12.9. The molecule has 1 rings (SSSR count). The fourth-order valence-electron chi connectivity index (χ4n) is 1.45. The number of carbonyl (C=O) groups is 2. The average molecular weight is 336 g/mol. The van der Waals surface area contributed by atoms with Crippen LogP contribution in [-0.2, 0) is 14.3 Å². The minimum atomic E-state index is -1.19. The van der Waals surface area contributed by atoms with Crippen molar-refractivity contribution >= 4 is 35.1 Å². The molecular weight excluding hydrogens is 321 g/mol. The van der Waals surface area contributed by atoms with Gasteiger partial charge < -0.3 is 19.9 Å². The quantitative estimate of drug-likeness (QED) is 0.795. The van der Waals surface area contributed by atoms with E-state index in [2.05, 4.69) is 5.32 Å².